The van der Waals surface area contributed by atoms with Gasteiger partial charge in [0, 0.05) is 11.2 Å². The highest BCUT2D eigenvalue weighted by molar-refractivity contribution is 6.31. The van der Waals surface area contributed by atoms with Gasteiger partial charge in [-0.15, -0.1) is 0 Å². The number of rotatable bonds is 0. The van der Waals surface area contributed by atoms with Crippen LogP contribution in [0.25, 0.3) is 22.5 Å². The van der Waals surface area contributed by atoms with E-state index < -0.39 is 0 Å². The summed E-state index contributed by atoms with van der Waals surface area (Å²) in [6.45, 7) is 1.96. The Labute approximate surface area is 118 Å². The van der Waals surface area contributed by atoms with E-state index >= 15 is 0 Å². The third kappa shape index (κ3) is 1.47. The van der Waals surface area contributed by atoms with E-state index in [-0.39, 0.29) is 5.69 Å². The predicted molar refractivity (Wildman–Crippen MR) is 77.5 cm³/mol. The van der Waals surface area contributed by atoms with E-state index in [0.29, 0.717) is 27.5 Å². The zero-order valence-corrected chi connectivity index (χ0v) is 11.3. The van der Waals surface area contributed by atoms with Crippen molar-refractivity contribution in [1.82, 2.24) is 18.8 Å². The molecule has 0 aliphatic heterocycles. The van der Waals surface area contributed by atoms with Crippen molar-refractivity contribution in [3.8, 4) is 0 Å². The van der Waals surface area contributed by atoms with E-state index in [0.717, 1.165) is 5.56 Å². The normalized spacial score (nSPS) is 11.7. The second-order valence-electron chi connectivity index (χ2n) is 4.71. The Hall–Kier alpha value is -2.40. The zero-order valence-electron chi connectivity index (χ0n) is 10.5. The topological polar surface area (TPSA) is 51.7 Å². The lowest BCUT2D eigenvalue weighted by atomic mass is 10.3. The van der Waals surface area contributed by atoms with E-state index in [2.05, 4.69) is 9.97 Å². The third-order valence-electron chi connectivity index (χ3n) is 3.30. The van der Waals surface area contributed by atoms with Crippen molar-refractivity contribution in [3.05, 3.63) is 57.6 Å². The molecular weight excluding hydrogens is 276 g/mol. The van der Waals surface area contributed by atoms with Gasteiger partial charge in [0.2, 0.25) is 5.78 Å². The first-order valence-corrected chi connectivity index (χ1v) is 6.48. The summed E-state index contributed by atoms with van der Waals surface area (Å²) in [5.41, 5.74) is 2.81. The minimum Gasteiger partial charge on any atom is -0.252 e. The molecule has 0 N–H and O–H groups in total. The van der Waals surface area contributed by atoms with Gasteiger partial charge in [-0.05, 0) is 42.8 Å². The fraction of sp³-hybridized carbons (Fsp3) is 0.0714. The average molecular weight is 285 g/mol. The summed E-state index contributed by atoms with van der Waals surface area (Å²) in [7, 11) is 0. The average Bonchev–Trinajstić information content (AvgIpc) is 2.75. The lowest BCUT2D eigenvalue weighted by Gasteiger charge is -2.02. The summed E-state index contributed by atoms with van der Waals surface area (Å²) in [5.74, 6) is 0.387. The van der Waals surface area contributed by atoms with Crippen LogP contribution in [0.2, 0.25) is 5.02 Å². The summed E-state index contributed by atoms with van der Waals surface area (Å²) in [5, 5.41) is 0.585. The molecule has 0 saturated carbocycles. The Kier molecular flexibility index (Phi) is 2.17. The Balaban J connectivity index is 2.29. The number of hydrogen-bond acceptors (Lipinski definition) is 3. The van der Waals surface area contributed by atoms with Gasteiger partial charge in [-0.25, -0.2) is 14.2 Å². The Bertz CT molecular complexity index is 1050. The SMILES string of the molecule is Cc1ccn2c(=O)n3c(nc4cc(Cl)ccc43)nc2c1. The second kappa shape index (κ2) is 3.80. The van der Waals surface area contributed by atoms with Gasteiger partial charge in [0.05, 0.1) is 11.0 Å². The maximum atomic E-state index is 12.6. The number of fused-ring (bicyclic) bond motifs is 4. The smallest absolute Gasteiger partial charge is 0.252 e. The van der Waals surface area contributed by atoms with Gasteiger partial charge in [-0.2, -0.15) is 4.98 Å². The first-order valence-electron chi connectivity index (χ1n) is 6.10. The van der Waals surface area contributed by atoms with Crippen LogP contribution >= 0.6 is 11.6 Å². The van der Waals surface area contributed by atoms with Gasteiger partial charge < -0.3 is 0 Å². The molecule has 0 aliphatic carbocycles. The predicted octanol–water partition coefficient (Wildman–Crippen LogP) is 2.46. The van der Waals surface area contributed by atoms with Crippen molar-refractivity contribution in [2.45, 2.75) is 6.92 Å². The van der Waals surface area contributed by atoms with Crippen LogP contribution in [0.1, 0.15) is 5.56 Å². The van der Waals surface area contributed by atoms with Gasteiger partial charge in [0.25, 0.3) is 0 Å². The van der Waals surface area contributed by atoms with Gasteiger partial charge in [0.15, 0.2) is 0 Å². The summed E-state index contributed by atoms with van der Waals surface area (Å²) < 4.78 is 3.00. The van der Waals surface area contributed by atoms with Crippen LogP contribution in [-0.4, -0.2) is 18.8 Å². The summed E-state index contributed by atoms with van der Waals surface area (Å²) in [4.78, 5) is 21.4. The van der Waals surface area contributed by atoms with Gasteiger partial charge >= 0.3 is 5.69 Å². The molecule has 1 aromatic carbocycles. The number of pyridine rings is 1. The lowest BCUT2D eigenvalue weighted by Crippen LogP contribution is -2.22. The van der Waals surface area contributed by atoms with Crippen LogP contribution in [0, 0.1) is 6.92 Å². The molecule has 0 unspecified atom stereocenters. The number of halogens is 1. The maximum Gasteiger partial charge on any atom is 0.341 e. The number of benzene rings is 1. The molecule has 0 bridgehead atoms. The molecular formula is C14H9ClN4O. The summed E-state index contributed by atoms with van der Waals surface area (Å²) >= 11 is 5.96. The Morgan fingerprint density at radius 1 is 1.15 bits per heavy atom. The van der Waals surface area contributed by atoms with Crippen molar-refractivity contribution in [2.75, 3.05) is 0 Å². The molecule has 98 valence electrons. The molecule has 5 nitrogen and oxygen atoms in total. The number of imidazole rings is 1. The van der Waals surface area contributed by atoms with Crippen molar-refractivity contribution < 1.29 is 0 Å². The van der Waals surface area contributed by atoms with Crippen LogP contribution in [0.3, 0.4) is 0 Å². The van der Waals surface area contributed by atoms with E-state index in [1.165, 1.54) is 8.80 Å². The molecule has 4 aromatic rings. The van der Waals surface area contributed by atoms with E-state index in [1.54, 1.807) is 24.4 Å². The highest BCUT2D eigenvalue weighted by atomic mass is 35.5. The molecule has 6 heteroatoms. The quantitative estimate of drug-likeness (QED) is 0.498. The molecule has 4 rings (SSSR count). The van der Waals surface area contributed by atoms with E-state index in [9.17, 15) is 4.79 Å². The first-order chi connectivity index (χ1) is 9.63. The fourth-order valence-electron chi connectivity index (χ4n) is 2.35. The van der Waals surface area contributed by atoms with Crippen LogP contribution < -0.4 is 5.69 Å². The molecule has 0 aliphatic rings. The van der Waals surface area contributed by atoms with Crippen molar-refractivity contribution >= 4 is 34.1 Å². The van der Waals surface area contributed by atoms with Gasteiger partial charge in [-0.3, -0.25) is 4.40 Å². The standard InChI is InChI=1S/C14H9ClN4O/c1-8-4-5-18-12(6-8)17-13-16-10-7-9(15)2-3-11(10)19(13)14(18)20/h2-7H,1H3. The molecule has 0 amide bonds. The van der Waals surface area contributed by atoms with Crippen LogP contribution in [0.4, 0.5) is 0 Å². The zero-order chi connectivity index (χ0) is 13.9. The van der Waals surface area contributed by atoms with Gasteiger partial charge in [-0.1, -0.05) is 11.6 Å². The summed E-state index contributed by atoms with van der Waals surface area (Å²) in [6, 6.07) is 8.97. The largest absolute Gasteiger partial charge is 0.341 e. The third-order valence-corrected chi connectivity index (χ3v) is 3.54. The van der Waals surface area contributed by atoms with E-state index in [4.69, 9.17) is 11.6 Å². The molecule has 0 spiro atoms. The molecule has 0 atom stereocenters. The fourth-order valence-corrected chi connectivity index (χ4v) is 2.52. The highest BCUT2D eigenvalue weighted by Crippen LogP contribution is 2.19. The minimum absolute atomic E-state index is 0.185. The van der Waals surface area contributed by atoms with Crippen molar-refractivity contribution in [3.63, 3.8) is 0 Å². The Morgan fingerprint density at radius 2 is 2.00 bits per heavy atom. The monoisotopic (exact) mass is 284 g/mol. The molecule has 3 aromatic heterocycles. The lowest BCUT2D eigenvalue weighted by molar-refractivity contribution is 0.918. The number of hydrogen-bond donors (Lipinski definition) is 0. The van der Waals surface area contributed by atoms with Crippen molar-refractivity contribution in [1.29, 1.82) is 0 Å². The number of aryl methyl sites for hydroxylation is 1. The molecule has 20 heavy (non-hydrogen) atoms. The minimum atomic E-state index is -0.185. The van der Waals surface area contributed by atoms with Crippen LogP contribution in [0.15, 0.2) is 41.3 Å². The number of nitrogens with zero attached hydrogens (tertiary/aromatic N) is 4. The number of aromatic nitrogens is 4. The molecule has 0 radical (unpaired) electrons. The Morgan fingerprint density at radius 3 is 2.85 bits per heavy atom. The van der Waals surface area contributed by atoms with E-state index in [1.807, 2.05) is 19.1 Å². The second-order valence-corrected chi connectivity index (χ2v) is 5.14. The van der Waals surface area contributed by atoms with Crippen molar-refractivity contribution in [2.24, 2.45) is 0 Å². The van der Waals surface area contributed by atoms with Crippen LogP contribution in [0.5, 0.6) is 0 Å². The highest BCUT2D eigenvalue weighted by Gasteiger charge is 2.11. The first kappa shape index (κ1) is 11.4. The molecule has 0 fully saturated rings. The molecule has 3 heterocycles. The van der Waals surface area contributed by atoms with Gasteiger partial charge in [0.1, 0.15) is 5.65 Å². The van der Waals surface area contributed by atoms with Crippen LogP contribution in [-0.2, 0) is 0 Å². The molecule has 0 saturated heterocycles. The maximum absolute atomic E-state index is 12.6. The summed E-state index contributed by atoms with van der Waals surface area (Å²) in [6.07, 6.45) is 1.72.